The number of ketones is 2. The van der Waals surface area contributed by atoms with Gasteiger partial charge in [-0.2, -0.15) is 0 Å². The molecule has 2 amide bonds. The van der Waals surface area contributed by atoms with E-state index in [0.29, 0.717) is 0 Å². The number of nitrogens with zero attached hydrogens (tertiary/aromatic N) is 1. The molecule has 0 radical (unpaired) electrons. The van der Waals surface area contributed by atoms with Crippen molar-refractivity contribution in [2.75, 3.05) is 25.0 Å². The van der Waals surface area contributed by atoms with Crippen molar-refractivity contribution in [3.63, 3.8) is 0 Å². The van der Waals surface area contributed by atoms with Crippen LogP contribution in [-0.2, 0) is 20.8 Å². The van der Waals surface area contributed by atoms with Crippen LogP contribution in [0, 0.1) is 17.7 Å². The van der Waals surface area contributed by atoms with E-state index in [4.69, 9.17) is 11.5 Å². The third-order valence-corrected chi connectivity index (χ3v) is 8.04. The molecule has 5 rings (SSSR count). The lowest BCUT2D eigenvalue weighted by molar-refractivity contribution is -0.145. The SMILES string of the molecule is NC(=O)C1=C(O)[C@H](N)[C@@H]2C[C@@H]3Cc4c(F)cc(NC(=O)CN5CCCC5)c(O)c4C(=O)C3=C(O)[C@]2(O)C1=O. The molecule has 0 saturated carbocycles. The van der Waals surface area contributed by atoms with Gasteiger partial charge in [-0.15, -0.1) is 0 Å². The van der Waals surface area contributed by atoms with E-state index in [9.17, 15) is 39.6 Å². The lowest BCUT2D eigenvalue weighted by Crippen LogP contribution is -2.63. The van der Waals surface area contributed by atoms with Crippen LogP contribution in [0.2, 0.25) is 0 Å². The molecule has 9 N–H and O–H groups in total. The highest BCUT2D eigenvalue weighted by Gasteiger charge is 2.62. The van der Waals surface area contributed by atoms with Crippen molar-refractivity contribution in [1.29, 1.82) is 0 Å². The first kappa shape index (κ1) is 25.8. The number of likely N-dealkylation sites (tertiary alicyclic amines) is 1. The summed E-state index contributed by atoms with van der Waals surface area (Å²) in [6.07, 6.45) is 1.43. The number of nitrogens with one attached hydrogen (secondary N) is 1. The van der Waals surface area contributed by atoms with E-state index in [-0.39, 0.29) is 30.6 Å². The van der Waals surface area contributed by atoms with Gasteiger partial charge >= 0.3 is 0 Å². The largest absolute Gasteiger partial charge is 0.510 e. The molecule has 1 aromatic carbocycles. The maximum Gasteiger partial charge on any atom is 0.255 e. The Morgan fingerprint density at radius 2 is 1.84 bits per heavy atom. The van der Waals surface area contributed by atoms with E-state index in [2.05, 4.69) is 5.32 Å². The van der Waals surface area contributed by atoms with Crippen molar-refractivity contribution >= 4 is 29.1 Å². The highest BCUT2D eigenvalue weighted by molar-refractivity contribution is 6.25. The molecule has 12 nitrogen and oxygen atoms in total. The molecular formula is C25H27FN4O8. The van der Waals surface area contributed by atoms with E-state index < -0.39 is 86.7 Å². The topological polar surface area (TPSA) is 217 Å². The third-order valence-electron chi connectivity index (χ3n) is 8.04. The molecule has 0 spiro atoms. The molecule has 1 heterocycles. The number of aliphatic hydroxyl groups excluding tert-OH is 2. The number of carbonyl (C=O) groups excluding carboxylic acids is 4. The highest BCUT2D eigenvalue weighted by atomic mass is 19.1. The summed E-state index contributed by atoms with van der Waals surface area (Å²) in [6.45, 7) is 1.46. The lowest BCUT2D eigenvalue weighted by Gasteiger charge is -2.47. The zero-order valence-electron chi connectivity index (χ0n) is 20.2. The van der Waals surface area contributed by atoms with Crippen molar-refractivity contribution in [2.45, 2.75) is 37.3 Å². The molecule has 0 unspecified atom stereocenters. The summed E-state index contributed by atoms with van der Waals surface area (Å²) in [6, 6.07) is -0.590. The minimum atomic E-state index is -2.86. The van der Waals surface area contributed by atoms with Crippen molar-refractivity contribution in [1.82, 2.24) is 4.90 Å². The number of Topliss-reactive ketones (excluding diaryl/α,β-unsaturated/α-hetero) is 2. The Morgan fingerprint density at radius 1 is 1.18 bits per heavy atom. The van der Waals surface area contributed by atoms with Crippen LogP contribution >= 0.6 is 0 Å². The van der Waals surface area contributed by atoms with Crippen LogP contribution < -0.4 is 16.8 Å². The summed E-state index contributed by atoms with van der Waals surface area (Å²) >= 11 is 0. The van der Waals surface area contributed by atoms with Crippen LogP contribution in [0.1, 0.15) is 35.2 Å². The molecule has 1 aromatic rings. The zero-order chi connectivity index (χ0) is 27.7. The molecule has 1 aliphatic heterocycles. The second kappa shape index (κ2) is 8.89. The number of fused-ring (bicyclic) bond motifs is 3. The van der Waals surface area contributed by atoms with E-state index in [1.165, 1.54) is 0 Å². The molecule has 202 valence electrons. The molecule has 0 bridgehead atoms. The van der Waals surface area contributed by atoms with Gasteiger partial charge in [0.2, 0.25) is 11.7 Å². The average molecular weight is 531 g/mol. The van der Waals surface area contributed by atoms with E-state index in [1.54, 1.807) is 0 Å². The van der Waals surface area contributed by atoms with Crippen LogP contribution in [0.15, 0.2) is 28.7 Å². The number of rotatable bonds is 4. The van der Waals surface area contributed by atoms with E-state index in [0.717, 1.165) is 32.0 Å². The number of hydrogen-bond acceptors (Lipinski definition) is 10. The maximum atomic E-state index is 15.2. The summed E-state index contributed by atoms with van der Waals surface area (Å²) in [7, 11) is 0. The third kappa shape index (κ3) is 3.61. The van der Waals surface area contributed by atoms with Gasteiger partial charge in [0.25, 0.3) is 5.91 Å². The quantitative estimate of drug-likeness (QED) is 0.199. The number of aromatic hydroxyl groups is 1. The highest BCUT2D eigenvalue weighted by Crippen LogP contribution is 2.52. The molecule has 1 fully saturated rings. The number of nitrogens with two attached hydrogens (primary N) is 2. The number of benzene rings is 1. The van der Waals surface area contributed by atoms with Crippen LogP contribution in [-0.4, -0.2) is 80.0 Å². The Labute approximate surface area is 215 Å². The predicted octanol–water partition coefficient (Wildman–Crippen LogP) is -0.309. The fourth-order valence-corrected chi connectivity index (χ4v) is 6.17. The van der Waals surface area contributed by atoms with Crippen LogP contribution in [0.3, 0.4) is 0 Å². The zero-order valence-corrected chi connectivity index (χ0v) is 20.2. The Kier molecular flexibility index (Phi) is 6.04. The molecule has 38 heavy (non-hydrogen) atoms. The first-order valence-corrected chi connectivity index (χ1v) is 12.2. The maximum absolute atomic E-state index is 15.2. The van der Waals surface area contributed by atoms with Crippen molar-refractivity contribution in [2.24, 2.45) is 23.3 Å². The van der Waals surface area contributed by atoms with Gasteiger partial charge in [-0.25, -0.2) is 4.39 Å². The number of amides is 2. The number of anilines is 1. The number of phenolic OH excluding ortho intramolecular Hbond substituents is 1. The van der Waals surface area contributed by atoms with Crippen molar-refractivity contribution in [3.8, 4) is 5.75 Å². The van der Waals surface area contributed by atoms with E-state index in [1.807, 2.05) is 4.90 Å². The number of allylic oxidation sites excluding steroid dienone is 1. The summed E-state index contributed by atoms with van der Waals surface area (Å²) in [5.74, 6) is -10.3. The normalized spacial score (nSPS) is 29.2. The monoisotopic (exact) mass is 530 g/mol. The summed E-state index contributed by atoms with van der Waals surface area (Å²) in [5.41, 5.74) is 5.82. The molecular weight excluding hydrogens is 503 g/mol. The van der Waals surface area contributed by atoms with E-state index >= 15 is 4.39 Å². The smallest absolute Gasteiger partial charge is 0.255 e. The standard InChI is InChI=1S/C25H27FN4O8/c26-12-7-13(29-14(31)8-30-3-1-2-4-30)19(32)16-10(12)5-9-6-11-18(27)21(34)17(24(28)37)23(36)25(11,38)22(35)15(9)20(16)33/h7,9,11,18,32,34-35,38H,1-6,8,27H2,(H2,28,37)(H,29,31)/t9-,11-,18+,25-/m0/s1. The van der Waals surface area contributed by atoms with Gasteiger partial charge in [0, 0.05) is 23.1 Å². The second-order valence-corrected chi connectivity index (χ2v) is 10.2. The molecule has 4 atom stereocenters. The number of halogens is 1. The Hall–Kier alpha value is -3.81. The Balaban J connectivity index is 1.56. The first-order chi connectivity index (χ1) is 17.9. The van der Waals surface area contributed by atoms with Gasteiger partial charge in [0.1, 0.15) is 22.9 Å². The van der Waals surface area contributed by atoms with Gasteiger partial charge in [-0.1, -0.05) is 0 Å². The minimum absolute atomic E-state index is 0.0133. The minimum Gasteiger partial charge on any atom is -0.510 e. The van der Waals surface area contributed by atoms with Crippen LogP contribution in [0.4, 0.5) is 10.1 Å². The van der Waals surface area contributed by atoms with Gasteiger partial charge in [0.15, 0.2) is 17.1 Å². The fourth-order valence-electron chi connectivity index (χ4n) is 6.17. The lowest BCUT2D eigenvalue weighted by atomic mass is 9.59. The van der Waals surface area contributed by atoms with Gasteiger partial charge in [-0.3, -0.25) is 24.1 Å². The number of primary amides is 1. The Bertz CT molecular complexity index is 1370. The molecule has 0 aromatic heterocycles. The van der Waals surface area contributed by atoms with Crippen molar-refractivity contribution < 1.29 is 44.0 Å². The predicted molar refractivity (Wildman–Crippen MR) is 128 cm³/mol. The number of aliphatic hydroxyl groups is 3. The molecule has 3 aliphatic carbocycles. The summed E-state index contributed by atoms with van der Waals surface area (Å²) in [5, 5.41) is 46.0. The van der Waals surface area contributed by atoms with Gasteiger partial charge in [-0.05, 0) is 44.7 Å². The number of phenols is 1. The fraction of sp³-hybridized carbons (Fsp3) is 0.440. The molecule has 13 heteroatoms. The summed E-state index contributed by atoms with van der Waals surface area (Å²) in [4.78, 5) is 52.8. The van der Waals surface area contributed by atoms with Crippen LogP contribution in [0.5, 0.6) is 5.75 Å². The van der Waals surface area contributed by atoms with Crippen LogP contribution in [0.25, 0.3) is 0 Å². The van der Waals surface area contributed by atoms with Gasteiger partial charge < -0.3 is 37.2 Å². The average Bonchev–Trinajstić information content (AvgIpc) is 3.35. The Morgan fingerprint density at radius 3 is 2.47 bits per heavy atom. The first-order valence-electron chi connectivity index (χ1n) is 12.2. The van der Waals surface area contributed by atoms with Gasteiger partial charge in [0.05, 0.1) is 23.8 Å². The molecule has 1 saturated heterocycles. The second-order valence-electron chi connectivity index (χ2n) is 10.2. The summed E-state index contributed by atoms with van der Waals surface area (Å²) < 4.78 is 15.2. The molecule has 4 aliphatic rings. The van der Waals surface area contributed by atoms with Crippen molar-refractivity contribution in [3.05, 3.63) is 45.7 Å². The number of carbonyl (C=O) groups is 4. The number of hydrogen-bond donors (Lipinski definition) is 7.